The lowest BCUT2D eigenvalue weighted by Crippen LogP contribution is -2.36. The molecule has 1 heterocycles. The Hall–Kier alpha value is -3.84. The molecule has 0 bridgehead atoms. The molecular weight excluding hydrogens is 531 g/mol. The molecule has 2 N–H and O–H groups in total. The smallest absolute Gasteiger partial charge is 0.335 e. The Labute approximate surface area is 246 Å². The van der Waals surface area contributed by atoms with Gasteiger partial charge < -0.3 is 15.1 Å². The fourth-order valence-corrected chi connectivity index (χ4v) is 5.90. The van der Waals surface area contributed by atoms with E-state index >= 15 is 0 Å². The third kappa shape index (κ3) is 6.96. The van der Waals surface area contributed by atoms with Crippen LogP contribution in [0.25, 0.3) is 0 Å². The summed E-state index contributed by atoms with van der Waals surface area (Å²) in [4.78, 5) is 30.8. The number of aliphatic imine (C=N–C) groups is 1. The molecule has 3 atom stereocenters. The van der Waals surface area contributed by atoms with E-state index in [-0.39, 0.29) is 23.6 Å². The molecule has 220 valence electrons. The lowest BCUT2D eigenvalue weighted by Gasteiger charge is -2.23. The first-order valence-electron chi connectivity index (χ1n) is 15.1. The number of carbonyl (C=O) groups excluding carboxylic acids is 1. The van der Waals surface area contributed by atoms with Crippen molar-refractivity contribution in [2.24, 2.45) is 10.9 Å². The van der Waals surface area contributed by atoms with Crippen LogP contribution in [0.1, 0.15) is 90.4 Å². The van der Waals surface area contributed by atoms with Crippen LogP contribution in [0.2, 0.25) is 0 Å². The van der Waals surface area contributed by atoms with E-state index in [9.17, 15) is 19.1 Å². The number of hydrogen-bond acceptors (Lipinski definition) is 4. The number of anilines is 1. The maximum atomic E-state index is 13.4. The second-order valence-electron chi connectivity index (χ2n) is 11.5. The molecule has 3 aromatic rings. The molecule has 1 amide bonds. The summed E-state index contributed by atoms with van der Waals surface area (Å²) >= 11 is 0. The van der Waals surface area contributed by atoms with Gasteiger partial charge in [0.25, 0.3) is 0 Å². The quantitative estimate of drug-likeness (QED) is 0.218. The fourth-order valence-electron chi connectivity index (χ4n) is 5.90. The minimum absolute atomic E-state index is 0.0391. The van der Waals surface area contributed by atoms with Gasteiger partial charge in [-0.3, -0.25) is 4.79 Å². The van der Waals surface area contributed by atoms with Gasteiger partial charge in [0.05, 0.1) is 5.56 Å². The number of unbranched alkanes of at least 4 members (excludes halogenated alkanes) is 4. The average Bonchev–Trinajstić information content (AvgIpc) is 3.75. The van der Waals surface area contributed by atoms with Crippen molar-refractivity contribution in [1.82, 2.24) is 0 Å². The standard InChI is InChI=1S/C35H39FN2O4/c1-2-3-4-7-20-38-31-19-12-24(9-6-5-8-23-10-13-26(14-11-23)35(41)42)21-30(31)32(34(38)40)37-33(39)29-22-28(29)25-15-17-27(36)18-16-25/h10-19,21,28-29,34,40H,2-9,20,22H2,1H3,(H,41,42). The lowest BCUT2D eigenvalue weighted by molar-refractivity contribution is -0.119. The summed E-state index contributed by atoms with van der Waals surface area (Å²) in [6.45, 7) is 2.87. The molecular formula is C35H39FN2O4. The number of amides is 1. The van der Waals surface area contributed by atoms with Crippen molar-refractivity contribution < 1.29 is 24.2 Å². The fraction of sp³-hybridized carbons (Fsp3) is 0.400. The highest BCUT2D eigenvalue weighted by atomic mass is 19.1. The summed E-state index contributed by atoms with van der Waals surface area (Å²) in [7, 11) is 0. The number of halogens is 1. The van der Waals surface area contributed by atoms with Crippen LogP contribution >= 0.6 is 0 Å². The highest BCUT2D eigenvalue weighted by molar-refractivity contribution is 6.17. The molecule has 3 aromatic carbocycles. The zero-order valence-electron chi connectivity index (χ0n) is 24.1. The van der Waals surface area contributed by atoms with Gasteiger partial charge in [0.1, 0.15) is 11.5 Å². The monoisotopic (exact) mass is 570 g/mol. The molecule has 1 aliphatic heterocycles. The maximum Gasteiger partial charge on any atom is 0.335 e. The first-order chi connectivity index (χ1) is 20.4. The van der Waals surface area contributed by atoms with Crippen LogP contribution in [-0.2, 0) is 17.6 Å². The molecule has 6 nitrogen and oxygen atoms in total. The van der Waals surface area contributed by atoms with Crippen LogP contribution in [0.15, 0.2) is 71.7 Å². The topological polar surface area (TPSA) is 90.2 Å². The largest absolute Gasteiger partial charge is 0.478 e. The number of aromatic carboxylic acids is 1. The zero-order valence-corrected chi connectivity index (χ0v) is 24.1. The number of carboxylic acid groups (broad SMARTS) is 1. The number of hydrogen-bond donors (Lipinski definition) is 2. The van der Waals surface area contributed by atoms with E-state index in [0.29, 0.717) is 24.2 Å². The summed E-state index contributed by atoms with van der Waals surface area (Å²) in [5.41, 5.74) is 5.65. The van der Waals surface area contributed by atoms with Crippen molar-refractivity contribution in [2.75, 3.05) is 11.4 Å². The molecule has 2 aliphatic rings. The van der Waals surface area contributed by atoms with E-state index in [2.05, 4.69) is 24.0 Å². The Morgan fingerprint density at radius 1 is 0.905 bits per heavy atom. The normalized spacial score (nSPS) is 20.1. The number of rotatable bonds is 13. The number of carboxylic acids is 1. The third-order valence-electron chi connectivity index (χ3n) is 8.46. The summed E-state index contributed by atoms with van der Waals surface area (Å²) < 4.78 is 13.4. The van der Waals surface area contributed by atoms with Crippen LogP contribution in [0.3, 0.4) is 0 Å². The van der Waals surface area contributed by atoms with Gasteiger partial charge in [-0.15, -0.1) is 0 Å². The Balaban J connectivity index is 1.27. The SMILES string of the molecule is CCCCCCN1c2ccc(CCCCc3ccc(C(=O)O)cc3)cc2C(=NC(=O)C2CC2c2ccc(F)cc2)C1O. The Kier molecular flexibility index (Phi) is 9.48. The van der Waals surface area contributed by atoms with Gasteiger partial charge in [-0.2, -0.15) is 0 Å². The number of aliphatic hydroxyl groups is 1. The van der Waals surface area contributed by atoms with Crippen LogP contribution in [0.4, 0.5) is 10.1 Å². The first kappa shape index (κ1) is 29.6. The summed E-state index contributed by atoms with van der Waals surface area (Å²) in [5.74, 6) is -1.65. The Bertz CT molecular complexity index is 1430. The summed E-state index contributed by atoms with van der Waals surface area (Å²) in [6.07, 6.45) is 7.67. The van der Waals surface area contributed by atoms with Gasteiger partial charge in [0.15, 0.2) is 6.23 Å². The van der Waals surface area contributed by atoms with Crippen molar-refractivity contribution >= 4 is 23.3 Å². The summed E-state index contributed by atoms with van der Waals surface area (Å²) in [6, 6.07) is 19.5. The number of fused-ring (bicyclic) bond motifs is 1. The van der Waals surface area contributed by atoms with Crippen molar-refractivity contribution in [2.45, 2.75) is 76.9 Å². The van der Waals surface area contributed by atoms with Crippen molar-refractivity contribution in [3.63, 3.8) is 0 Å². The Morgan fingerprint density at radius 3 is 2.29 bits per heavy atom. The molecule has 3 unspecified atom stereocenters. The average molecular weight is 571 g/mol. The number of aryl methyl sites for hydroxylation is 2. The van der Waals surface area contributed by atoms with Crippen molar-refractivity contribution in [1.29, 1.82) is 0 Å². The van der Waals surface area contributed by atoms with E-state index in [1.165, 1.54) is 12.1 Å². The predicted molar refractivity (Wildman–Crippen MR) is 163 cm³/mol. The highest BCUT2D eigenvalue weighted by Crippen LogP contribution is 2.48. The zero-order chi connectivity index (χ0) is 29.6. The molecule has 42 heavy (non-hydrogen) atoms. The molecule has 1 aliphatic carbocycles. The van der Waals surface area contributed by atoms with E-state index in [0.717, 1.165) is 79.3 Å². The molecule has 1 fully saturated rings. The molecule has 7 heteroatoms. The lowest BCUT2D eigenvalue weighted by atomic mass is 10.00. The van der Waals surface area contributed by atoms with Crippen molar-refractivity contribution in [3.05, 3.63) is 100 Å². The van der Waals surface area contributed by atoms with E-state index in [4.69, 9.17) is 5.11 Å². The second-order valence-corrected chi connectivity index (χ2v) is 11.5. The van der Waals surface area contributed by atoms with Crippen LogP contribution in [0, 0.1) is 11.7 Å². The Morgan fingerprint density at radius 2 is 1.60 bits per heavy atom. The molecule has 5 rings (SSSR count). The van der Waals surface area contributed by atoms with Crippen LogP contribution < -0.4 is 4.90 Å². The highest BCUT2D eigenvalue weighted by Gasteiger charge is 2.45. The second kappa shape index (κ2) is 13.4. The van der Waals surface area contributed by atoms with E-state index < -0.39 is 12.2 Å². The van der Waals surface area contributed by atoms with E-state index in [1.54, 1.807) is 24.3 Å². The molecule has 0 spiro atoms. The van der Waals surface area contributed by atoms with Gasteiger partial charge in [-0.25, -0.2) is 14.2 Å². The molecule has 0 radical (unpaired) electrons. The first-order valence-corrected chi connectivity index (χ1v) is 15.1. The molecule has 0 aromatic heterocycles. The summed E-state index contributed by atoms with van der Waals surface area (Å²) in [5, 5.41) is 20.4. The maximum absolute atomic E-state index is 13.4. The number of aliphatic hydroxyl groups excluding tert-OH is 1. The van der Waals surface area contributed by atoms with Gasteiger partial charge in [-0.1, -0.05) is 56.5 Å². The minimum atomic E-state index is -0.961. The predicted octanol–water partition coefficient (Wildman–Crippen LogP) is 6.93. The molecule has 0 saturated heterocycles. The number of nitrogens with zero attached hydrogens (tertiary/aromatic N) is 2. The van der Waals surface area contributed by atoms with Crippen molar-refractivity contribution in [3.8, 4) is 0 Å². The molecule has 1 saturated carbocycles. The van der Waals surface area contributed by atoms with Gasteiger partial charge >= 0.3 is 5.97 Å². The van der Waals surface area contributed by atoms with Gasteiger partial charge in [0, 0.05) is 23.7 Å². The number of benzene rings is 3. The van der Waals surface area contributed by atoms with Gasteiger partial charge in [-0.05, 0) is 97.5 Å². The van der Waals surface area contributed by atoms with Gasteiger partial charge in [0.2, 0.25) is 5.91 Å². The van der Waals surface area contributed by atoms with Crippen LogP contribution in [0.5, 0.6) is 0 Å². The number of carbonyl (C=O) groups is 2. The minimum Gasteiger partial charge on any atom is -0.478 e. The third-order valence-corrected chi connectivity index (χ3v) is 8.46. The van der Waals surface area contributed by atoms with E-state index in [1.807, 2.05) is 23.1 Å². The van der Waals surface area contributed by atoms with Crippen LogP contribution in [-0.4, -0.2) is 40.6 Å².